The second-order valence-corrected chi connectivity index (χ2v) is 5.57. The number of methoxy groups -OCH3 is 1. The summed E-state index contributed by atoms with van der Waals surface area (Å²) in [6.07, 6.45) is 1.56. The van der Waals surface area contributed by atoms with Gasteiger partial charge in [0.15, 0.2) is 11.5 Å². The summed E-state index contributed by atoms with van der Waals surface area (Å²) in [5, 5.41) is 33.2. The Morgan fingerprint density at radius 3 is 2.59 bits per heavy atom. The van der Waals surface area contributed by atoms with Crippen molar-refractivity contribution in [1.29, 1.82) is 10.5 Å². The summed E-state index contributed by atoms with van der Waals surface area (Å²) in [5.74, 6) is 0.419. The van der Waals surface area contributed by atoms with Gasteiger partial charge in [-0.25, -0.2) is 4.68 Å². The van der Waals surface area contributed by atoms with Gasteiger partial charge in [-0.3, -0.25) is 0 Å². The molecule has 27 heavy (non-hydrogen) atoms. The minimum Gasteiger partial charge on any atom is -0.504 e. The van der Waals surface area contributed by atoms with Gasteiger partial charge in [0.2, 0.25) is 0 Å². The van der Waals surface area contributed by atoms with Gasteiger partial charge in [0.25, 0.3) is 0 Å². The lowest BCUT2D eigenvalue weighted by Gasteiger charge is -2.04. The molecule has 0 spiro atoms. The number of nitrogens with zero attached hydrogens (tertiary/aromatic N) is 4. The van der Waals surface area contributed by atoms with Crippen molar-refractivity contribution in [2.24, 2.45) is 0 Å². The van der Waals surface area contributed by atoms with E-state index in [0.29, 0.717) is 11.3 Å². The highest BCUT2D eigenvalue weighted by molar-refractivity contribution is 5.91. The molecule has 3 aromatic rings. The average Bonchev–Trinajstić information content (AvgIpc) is 3.04. The summed E-state index contributed by atoms with van der Waals surface area (Å²) in [6, 6.07) is 17.9. The van der Waals surface area contributed by atoms with Crippen LogP contribution in [-0.2, 0) is 0 Å². The van der Waals surface area contributed by atoms with E-state index in [1.54, 1.807) is 30.3 Å². The summed E-state index contributed by atoms with van der Waals surface area (Å²) in [6.45, 7) is 0. The Labute approximate surface area is 155 Å². The lowest BCUT2D eigenvalue weighted by atomic mass is 10.1. The minimum absolute atomic E-state index is 0.0107. The van der Waals surface area contributed by atoms with Gasteiger partial charge in [0, 0.05) is 0 Å². The monoisotopic (exact) mass is 357 g/mol. The number of benzene rings is 2. The van der Waals surface area contributed by atoms with E-state index in [4.69, 9.17) is 10.5 Å². The summed E-state index contributed by atoms with van der Waals surface area (Å²) >= 11 is 0. The predicted molar refractivity (Wildman–Crippen MR) is 101 cm³/mol. The first-order chi connectivity index (χ1) is 13.1. The topological polar surface area (TPSA) is 121 Å². The maximum Gasteiger partial charge on any atom is 0.161 e. The summed E-state index contributed by atoms with van der Waals surface area (Å²) in [4.78, 5) is 0. The van der Waals surface area contributed by atoms with E-state index in [2.05, 4.69) is 11.2 Å². The Kier molecular flexibility index (Phi) is 4.78. The Balaban J connectivity index is 2.14. The lowest BCUT2D eigenvalue weighted by Crippen LogP contribution is -2.02. The fourth-order valence-electron chi connectivity index (χ4n) is 2.60. The molecule has 0 unspecified atom stereocenters. The van der Waals surface area contributed by atoms with E-state index in [9.17, 15) is 15.6 Å². The first kappa shape index (κ1) is 17.6. The highest BCUT2D eigenvalue weighted by Gasteiger charge is 2.20. The van der Waals surface area contributed by atoms with Crippen LogP contribution in [0.2, 0.25) is 0 Å². The standard InChI is InChI=1S/C20H15N5O2/c1-27-18-10-13(7-8-17(18)26)9-14(11-21)19-16(12-22)20(23)25(24-19)15-5-3-2-4-6-15/h2-10,26H,23H2,1H3/b14-9+. The number of phenolic OH excluding ortho intramolecular Hbond substituents is 1. The molecule has 0 radical (unpaired) electrons. The SMILES string of the molecule is COc1cc(/C=C(\C#N)c2nn(-c3ccccc3)c(N)c2C#N)ccc1O. The fraction of sp³-hybridized carbons (Fsp3) is 0.0500. The third-order valence-corrected chi connectivity index (χ3v) is 3.92. The molecule has 0 atom stereocenters. The van der Waals surface area contributed by atoms with E-state index < -0.39 is 0 Å². The van der Waals surface area contributed by atoms with Crippen LogP contribution in [0.15, 0.2) is 48.5 Å². The third-order valence-electron chi connectivity index (χ3n) is 3.92. The lowest BCUT2D eigenvalue weighted by molar-refractivity contribution is 0.373. The molecule has 0 aliphatic rings. The molecule has 2 aromatic carbocycles. The molecule has 1 aromatic heterocycles. The highest BCUT2D eigenvalue weighted by atomic mass is 16.5. The van der Waals surface area contributed by atoms with Gasteiger partial charge in [-0.2, -0.15) is 15.6 Å². The zero-order chi connectivity index (χ0) is 19.4. The van der Waals surface area contributed by atoms with Crippen molar-refractivity contribution in [2.45, 2.75) is 0 Å². The molecule has 7 heteroatoms. The van der Waals surface area contributed by atoms with E-state index in [-0.39, 0.29) is 34.1 Å². The number of anilines is 1. The van der Waals surface area contributed by atoms with E-state index in [1.807, 2.05) is 24.3 Å². The Hall–Kier alpha value is -4.23. The average molecular weight is 357 g/mol. The van der Waals surface area contributed by atoms with Gasteiger partial charge in [0.1, 0.15) is 29.2 Å². The van der Waals surface area contributed by atoms with E-state index in [1.165, 1.54) is 17.9 Å². The summed E-state index contributed by atoms with van der Waals surface area (Å²) in [5.41, 5.74) is 7.86. The number of hydrogen-bond acceptors (Lipinski definition) is 6. The number of para-hydroxylation sites is 1. The van der Waals surface area contributed by atoms with Crippen molar-refractivity contribution >= 4 is 17.5 Å². The van der Waals surface area contributed by atoms with Crippen LogP contribution in [0.3, 0.4) is 0 Å². The highest BCUT2D eigenvalue weighted by Crippen LogP contribution is 2.30. The Morgan fingerprint density at radius 2 is 1.96 bits per heavy atom. The normalized spacial score (nSPS) is 10.9. The van der Waals surface area contributed by atoms with Crippen molar-refractivity contribution in [3.8, 4) is 29.3 Å². The number of allylic oxidation sites excluding steroid dienone is 1. The molecular formula is C20H15N5O2. The molecule has 0 saturated heterocycles. The smallest absolute Gasteiger partial charge is 0.161 e. The minimum atomic E-state index is -0.0107. The number of nitrogens with two attached hydrogens (primary N) is 1. The van der Waals surface area contributed by atoms with Gasteiger partial charge in [-0.15, -0.1) is 0 Å². The second-order valence-electron chi connectivity index (χ2n) is 5.57. The first-order valence-corrected chi connectivity index (χ1v) is 7.92. The Morgan fingerprint density at radius 1 is 1.22 bits per heavy atom. The molecule has 0 aliphatic heterocycles. The first-order valence-electron chi connectivity index (χ1n) is 7.92. The number of aromatic nitrogens is 2. The number of hydrogen-bond donors (Lipinski definition) is 2. The molecule has 1 heterocycles. The van der Waals surface area contributed by atoms with Crippen molar-refractivity contribution in [3.63, 3.8) is 0 Å². The molecule has 0 amide bonds. The molecule has 0 fully saturated rings. The molecule has 3 rings (SSSR count). The van der Waals surface area contributed by atoms with Gasteiger partial charge < -0.3 is 15.6 Å². The van der Waals surface area contributed by atoms with Crippen LogP contribution in [0.5, 0.6) is 11.5 Å². The summed E-state index contributed by atoms with van der Waals surface area (Å²) < 4.78 is 6.51. The van der Waals surface area contributed by atoms with Crippen LogP contribution in [-0.4, -0.2) is 22.0 Å². The van der Waals surface area contributed by atoms with Crippen molar-refractivity contribution in [1.82, 2.24) is 9.78 Å². The van der Waals surface area contributed by atoms with Gasteiger partial charge in [-0.1, -0.05) is 24.3 Å². The number of phenols is 1. The second kappa shape index (κ2) is 7.34. The fourth-order valence-corrected chi connectivity index (χ4v) is 2.60. The molecule has 3 N–H and O–H groups in total. The number of aromatic hydroxyl groups is 1. The number of nitriles is 2. The molecule has 0 saturated carbocycles. The number of rotatable bonds is 4. The van der Waals surface area contributed by atoms with Gasteiger partial charge >= 0.3 is 0 Å². The quantitative estimate of drug-likeness (QED) is 0.692. The van der Waals surface area contributed by atoms with E-state index >= 15 is 0 Å². The van der Waals surface area contributed by atoms with Crippen LogP contribution >= 0.6 is 0 Å². The molecule has 7 nitrogen and oxygen atoms in total. The van der Waals surface area contributed by atoms with Crippen molar-refractivity contribution in [3.05, 3.63) is 65.4 Å². The maximum atomic E-state index is 9.71. The van der Waals surface area contributed by atoms with Crippen LogP contribution in [0, 0.1) is 22.7 Å². The number of ether oxygens (including phenoxy) is 1. The maximum absolute atomic E-state index is 9.71. The van der Waals surface area contributed by atoms with Gasteiger partial charge in [0.05, 0.1) is 18.4 Å². The summed E-state index contributed by atoms with van der Waals surface area (Å²) in [7, 11) is 1.43. The van der Waals surface area contributed by atoms with Crippen LogP contribution < -0.4 is 10.5 Å². The van der Waals surface area contributed by atoms with Gasteiger partial charge in [-0.05, 0) is 35.9 Å². The molecule has 0 aliphatic carbocycles. The third kappa shape index (κ3) is 3.30. The molecule has 0 bridgehead atoms. The van der Waals surface area contributed by atoms with Crippen LogP contribution in [0.1, 0.15) is 16.8 Å². The molecule has 132 valence electrons. The van der Waals surface area contributed by atoms with Crippen molar-refractivity contribution in [2.75, 3.05) is 12.8 Å². The Bertz CT molecular complexity index is 1100. The van der Waals surface area contributed by atoms with Crippen LogP contribution in [0.4, 0.5) is 5.82 Å². The number of nitrogen functional groups attached to an aromatic ring is 1. The zero-order valence-electron chi connectivity index (χ0n) is 14.4. The zero-order valence-corrected chi connectivity index (χ0v) is 14.4. The van der Waals surface area contributed by atoms with Crippen molar-refractivity contribution < 1.29 is 9.84 Å². The largest absolute Gasteiger partial charge is 0.504 e. The molecular weight excluding hydrogens is 342 g/mol. The van der Waals surface area contributed by atoms with E-state index in [0.717, 1.165) is 0 Å². The predicted octanol–water partition coefficient (Wildman–Crippen LogP) is 3.10. The van der Waals surface area contributed by atoms with Crippen LogP contribution in [0.25, 0.3) is 17.3 Å².